The molecule has 1 aromatic carbocycles. The second kappa shape index (κ2) is 10.2. The topological polar surface area (TPSA) is 132 Å². The molecule has 0 aliphatic carbocycles. The number of nitriles is 1. The number of hydrogen-bond donors (Lipinski definition) is 1. The largest absolute Gasteiger partial charge is 0.516 e. The van der Waals surface area contributed by atoms with Crippen LogP contribution < -0.4 is 10.3 Å². The molecule has 15 heteroatoms. The second-order valence-corrected chi connectivity index (χ2v) is 9.95. The number of fused-ring (bicyclic) bond motifs is 1. The van der Waals surface area contributed by atoms with Crippen LogP contribution in [0.25, 0.3) is 5.65 Å². The lowest BCUT2D eigenvalue weighted by molar-refractivity contribution is -0.0477. The van der Waals surface area contributed by atoms with E-state index in [0.717, 1.165) is 12.7 Å². The number of pyridine rings is 1. The number of alkyl halides is 3. The summed E-state index contributed by atoms with van der Waals surface area (Å²) in [6, 6.07) is 11.3. The zero-order valence-electron chi connectivity index (χ0n) is 20.2. The van der Waals surface area contributed by atoms with Gasteiger partial charge < -0.3 is 10.1 Å². The van der Waals surface area contributed by atoms with Gasteiger partial charge in [-0.2, -0.15) is 26.9 Å². The van der Waals surface area contributed by atoms with Gasteiger partial charge in [0.1, 0.15) is 17.4 Å². The Kier molecular flexibility index (Phi) is 7.18. The van der Waals surface area contributed by atoms with E-state index < -0.39 is 28.1 Å². The van der Waals surface area contributed by atoms with E-state index in [1.54, 1.807) is 47.0 Å². The Morgan fingerprint density at radius 1 is 1.18 bits per heavy atom. The number of rotatable bonds is 6. The maximum Gasteiger partial charge on any atom is 0.516 e. The molecule has 0 saturated carbocycles. The van der Waals surface area contributed by atoms with Gasteiger partial charge >= 0.3 is 21.6 Å². The molecule has 0 radical (unpaired) electrons. The molecule has 0 saturated heterocycles. The van der Waals surface area contributed by atoms with Crippen molar-refractivity contribution in [3.05, 3.63) is 65.1 Å². The number of amidine groups is 1. The van der Waals surface area contributed by atoms with Crippen LogP contribution in [0.1, 0.15) is 34.2 Å². The summed E-state index contributed by atoms with van der Waals surface area (Å²) in [5, 5.41) is 17.3. The maximum atomic E-state index is 13.0. The summed E-state index contributed by atoms with van der Waals surface area (Å²) < 4.78 is 68.9. The maximum absolute atomic E-state index is 13.0. The van der Waals surface area contributed by atoms with Crippen LogP contribution in [0.4, 0.5) is 18.9 Å². The van der Waals surface area contributed by atoms with E-state index in [9.17, 15) is 31.6 Å². The third kappa shape index (κ3) is 4.94. The Bertz CT molecular complexity index is 1540. The molecule has 1 amide bonds. The predicted molar refractivity (Wildman–Crippen MR) is 130 cm³/mol. The number of hydrazone groups is 1. The number of benzene rings is 1. The molecular weight excluding hydrogens is 527 g/mol. The Hall–Kier alpha value is -4.32. The van der Waals surface area contributed by atoms with Crippen molar-refractivity contribution in [1.82, 2.24) is 19.0 Å². The van der Waals surface area contributed by atoms with Crippen molar-refractivity contribution in [1.29, 1.82) is 5.26 Å². The monoisotopic (exact) mass is 549 g/mol. The summed E-state index contributed by atoms with van der Waals surface area (Å²) in [6.45, 7) is 1.38. The van der Waals surface area contributed by atoms with Crippen molar-refractivity contribution in [3.63, 3.8) is 0 Å². The number of aryl methyl sites for hydroxylation is 1. The fraction of sp³-hybridized carbons (Fsp3) is 0.304. The van der Waals surface area contributed by atoms with Crippen molar-refractivity contribution in [2.24, 2.45) is 5.10 Å². The lowest BCUT2D eigenvalue weighted by atomic mass is 10.2. The number of imidazole rings is 1. The molecule has 2 aromatic heterocycles. The Morgan fingerprint density at radius 2 is 1.89 bits per heavy atom. The van der Waals surface area contributed by atoms with Crippen LogP contribution in [-0.4, -0.2) is 59.7 Å². The van der Waals surface area contributed by atoms with Crippen molar-refractivity contribution < 1.29 is 31.1 Å². The van der Waals surface area contributed by atoms with Gasteiger partial charge in [-0.05, 0) is 36.2 Å². The predicted octanol–water partition coefficient (Wildman–Crippen LogP) is 2.59. The van der Waals surface area contributed by atoms with Crippen LogP contribution >= 0.6 is 0 Å². The van der Waals surface area contributed by atoms with E-state index in [-0.39, 0.29) is 23.3 Å². The molecule has 3 aromatic rings. The first-order valence-corrected chi connectivity index (χ1v) is 12.7. The number of carbonyl (C=O) groups is 1. The fourth-order valence-corrected chi connectivity index (χ4v) is 4.75. The van der Waals surface area contributed by atoms with Crippen LogP contribution in [0.2, 0.25) is 0 Å². The summed E-state index contributed by atoms with van der Waals surface area (Å²) in [4.78, 5) is 17.5. The van der Waals surface area contributed by atoms with Gasteiger partial charge in [-0.1, -0.05) is 19.1 Å². The number of sulfonamides is 1. The number of carbonyl (C=O) groups excluding carboxylic acids is 1. The molecule has 200 valence electrons. The number of nitrogens with one attached hydrogen (secondary N) is 1. The highest BCUT2D eigenvalue weighted by atomic mass is 32.2. The average Bonchev–Trinajstić information content (AvgIpc) is 3.28. The number of ether oxygens (including phenoxy) is 1. The minimum atomic E-state index is -5.64. The van der Waals surface area contributed by atoms with Crippen LogP contribution in [0, 0.1) is 11.3 Å². The minimum Gasteiger partial charge on any atom is -0.467 e. The van der Waals surface area contributed by atoms with Gasteiger partial charge in [0.25, 0.3) is 5.91 Å². The molecule has 1 aliphatic rings. The zero-order valence-corrected chi connectivity index (χ0v) is 21.0. The second-order valence-electron chi connectivity index (χ2n) is 8.10. The normalized spacial score (nSPS) is 14.3. The number of methoxy groups -OCH3 is 1. The van der Waals surface area contributed by atoms with Crippen LogP contribution in [0.15, 0.2) is 47.7 Å². The van der Waals surface area contributed by atoms with Crippen LogP contribution in [-0.2, 0) is 27.7 Å². The highest BCUT2D eigenvalue weighted by Gasteiger charge is 2.52. The molecule has 1 N–H and O–H groups in total. The standard InChI is InChI=1S/C23H22F3N7O4S/c1-3-18-20(31-14-16(12-27)6-9-19(31)29-18)21(34)28-13-15-4-7-17(8-5-15)32-10-11-33(22(30-32)37-2)38(35,36)23(24,25)26/h4-9,14H,3,10-11,13H2,1-2H3,(H,28,34). The summed E-state index contributed by atoms with van der Waals surface area (Å²) >= 11 is 0. The Balaban J connectivity index is 1.48. The molecule has 0 bridgehead atoms. The van der Waals surface area contributed by atoms with Crippen molar-refractivity contribution in [3.8, 4) is 6.07 Å². The summed E-state index contributed by atoms with van der Waals surface area (Å²) in [5.74, 6) is -0.371. The average molecular weight is 550 g/mol. The van der Waals surface area contributed by atoms with Crippen LogP contribution in [0.5, 0.6) is 0 Å². The molecule has 0 spiro atoms. The van der Waals surface area contributed by atoms with E-state index in [2.05, 4.69) is 15.4 Å². The lowest BCUT2D eigenvalue weighted by Crippen LogP contribution is -2.51. The van der Waals surface area contributed by atoms with Crippen molar-refractivity contribution in [2.75, 3.05) is 25.2 Å². The first kappa shape index (κ1) is 26.7. The highest BCUT2D eigenvalue weighted by molar-refractivity contribution is 7.90. The van der Waals surface area contributed by atoms with Crippen molar-refractivity contribution in [2.45, 2.75) is 25.4 Å². The molecule has 1 aliphatic heterocycles. The van der Waals surface area contributed by atoms with Gasteiger partial charge in [0.15, 0.2) is 0 Å². The first-order valence-electron chi connectivity index (χ1n) is 11.3. The van der Waals surface area contributed by atoms with Gasteiger partial charge in [-0.15, -0.1) is 5.10 Å². The number of anilines is 1. The zero-order chi connectivity index (χ0) is 27.7. The molecular formula is C23H22F3N7O4S. The summed E-state index contributed by atoms with van der Waals surface area (Å²) in [7, 11) is -4.61. The number of halogens is 3. The molecule has 11 nitrogen and oxygen atoms in total. The molecule has 4 rings (SSSR count). The molecule has 0 unspecified atom stereocenters. The molecule has 3 heterocycles. The van der Waals surface area contributed by atoms with Gasteiger partial charge in [0.05, 0.1) is 37.1 Å². The van der Waals surface area contributed by atoms with Gasteiger partial charge in [-0.25, -0.2) is 9.29 Å². The third-order valence-electron chi connectivity index (χ3n) is 5.76. The minimum absolute atomic E-state index is 0.0810. The van der Waals surface area contributed by atoms with E-state index in [1.807, 2.05) is 13.0 Å². The first-order chi connectivity index (χ1) is 18.0. The lowest BCUT2D eigenvalue weighted by Gasteiger charge is -2.32. The summed E-state index contributed by atoms with van der Waals surface area (Å²) in [5.41, 5.74) is -2.41. The van der Waals surface area contributed by atoms with Gasteiger partial charge in [0.2, 0.25) is 0 Å². The smallest absolute Gasteiger partial charge is 0.467 e. The third-order valence-corrected chi connectivity index (χ3v) is 7.26. The number of amides is 1. The van der Waals surface area contributed by atoms with Crippen molar-refractivity contribution >= 4 is 33.3 Å². The van der Waals surface area contributed by atoms with E-state index in [1.165, 1.54) is 5.01 Å². The van der Waals surface area contributed by atoms with Crippen LogP contribution in [0.3, 0.4) is 0 Å². The van der Waals surface area contributed by atoms with Gasteiger partial charge in [0, 0.05) is 12.7 Å². The Morgan fingerprint density at radius 3 is 2.50 bits per heavy atom. The number of nitrogens with zero attached hydrogens (tertiary/aromatic N) is 6. The number of aromatic nitrogens is 2. The SMILES string of the molecule is CCc1nc2ccc(C#N)cn2c1C(=O)NCc1ccc(N2CCN(S(=O)(=O)C(F)(F)F)C(OC)=N2)cc1. The highest BCUT2D eigenvalue weighted by Crippen LogP contribution is 2.29. The fourth-order valence-electron chi connectivity index (χ4n) is 3.86. The van der Waals surface area contributed by atoms with Gasteiger partial charge in [-0.3, -0.25) is 14.2 Å². The van der Waals surface area contributed by atoms with E-state index in [4.69, 9.17) is 4.74 Å². The molecule has 0 fully saturated rings. The van der Waals surface area contributed by atoms with E-state index in [0.29, 0.717) is 34.7 Å². The Labute approximate surface area is 215 Å². The quantitative estimate of drug-likeness (QED) is 0.500. The van der Waals surface area contributed by atoms with E-state index >= 15 is 0 Å². The molecule has 38 heavy (non-hydrogen) atoms. The number of hydrogen-bond acceptors (Lipinski definition) is 8. The summed E-state index contributed by atoms with van der Waals surface area (Å²) in [6.07, 6.45) is 2.07. The molecule has 0 atom stereocenters.